The fourth-order valence-corrected chi connectivity index (χ4v) is 14.2. The van der Waals surface area contributed by atoms with Crippen LogP contribution in [0.25, 0.3) is 70.8 Å². The summed E-state index contributed by atoms with van der Waals surface area (Å²) in [6, 6.07) is 55.9. The number of aromatic nitrogens is 8. The number of nitrogens with one attached hydrogen (secondary N) is 4. The number of rotatable bonds is 13. The zero-order chi connectivity index (χ0) is 72.9. The van der Waals surface area contributed by atoms with E-state index in [0.717, 1.165) is 81.8 Å². The smallest absolute Gasteiger partial charge is 0.282 e. The number of benzene rings is 8. The van der Waals surface area contributed by atoms with Crippen LogP contribution in [-0.2, 0) is 0 Å². The molecule has 11 aromatic rings. The van der Waals surface area contributed by atoms with Gasteiger partial charge in [0.2, 0.25) is 5.82 Å². The lowest BCUT2D eigenvalue weighted by atomic mass is 9.94. The summed E-state index contributed by atoms with van der Waals surface area (Å²) in [6.45, 7) is 29.5. The van der Waals surface area contributed by atoms with Crippen LogP contribution in [0.1, 0.15) is 188 Å². The molecule has 536 valence electrons. The number of tetrazole rings is 1. The number of imidazole rings is 2. The minimum Gasteiger partial charge on any atom is -0.381 e. The molecule has 4 aliphatic rings. The lowest BCUT2D eigenvalue weighted by molar-refractivity contribution is -0.383. The van der Waals surface area contributed by atoms with Gasteiger partial charge in [0.05, 0.1) is 58.1 Å². The standard InChI is InChI=1S/C21H22N6.C21H23N3O.C21H21N3.C13H15N3O2.C8H7ClO.3H2/c1-14-7-9-15(10-8-14)21-22-18-13-16(20-23-25-26-24-20)11-12-19(18)27(21)17-5-3-2-4-6-17;1-15-8-10-16(11-9-15)21(25)24-20-14-18(22-2)12-13-19(20)23-17-6-4-3-5-7-17;1-15-8-10-16(11-9-15)21-23-19-14-17(22-2)12-13-20(19)24(21)18-6-4-3-5-7-18;1-14-11-7-8-12(13(9-11)16(17)18)15-10-5-3-2-4-6-10;1-6-2-4-7(5-3-6)8(9)10;;;/h7-13,17H,2-6H2,1H3,(H,23,24,25,26);8-14,17,23H,3-7H2,1H3,(H,24,25);8-14,18H,3-7H2,1H3;7-10,15H,2-6H2;2-5H,1H3;3*1H. The van der Waals surface area contributed by atoms with Crippen molar-refractivity contribution in [1.82, 2.24) is 39.7 Å². The Labute approximate surface area is 618 Å². The Morgan fingerprint density at radius 1 is 0.490 bits per heavy atom. The topological polar surface area (TPSA) is 217 Å². The zero-order valence-corrected chi connectivity index (χ0v) is 60.3. The third-order valence-corrected chi connectivity index (χ3v) is 20.0. The first-order valence-corrected chi connectivity index (χ1v) is 36.6. The van der Waals surface area contributed by atoms with Crippen LogP contribution in [0.3, 0.4) is 0 Å². The lowest BCUT2D eigenvalue weighted by Gasteiger charge is -2.25. The van der Waals surface area contributed by atoms with Crippen LogP contribution in [0.5, 0.6) is 0 Å². The molecule has 104 heavy (non-hydrogen) atoms. The van der Waals surface area contributed by atoms with E-state index in [2.05, 4.69) is 147 Å². The lowest BCUT2D eigenvalue weighted by Crippen LogP contribution is -2.23. The van der Waals surface area contributed by atoms with Crippen LogP contribution in [-0.4, -0.2) is 67.9 Å². The van der Waals surface area contributed by atoms with E-state index >= 15 is 0 Å². The van der Waals surface area contributed by atoms with E-state index < -0.39 is 10.2 Å². The SMILES string of the molecule is Cc1ccc(-c2nc3cc(-c4nn[nH]n4)ccc3n2C2CCCCC2)cc1.Cc1ccc(C(=O)Cl)cc1.[C-]#[N+]c1ccc(NC2CCCCC2)c(NC(=O)c2ccc(C)cc2)c1.[C-]#[N+]c1ccc(NC2CCCCC2)c([N+](=O)[O-])c1.[C-]#[N+]c1ccc2c(c1)nc(-c1ccc(C)cc1)n2C1CCCCC1.[HH].[HH].[HH]. The normalized spacial score (nSPS) is 14.8. The van der Waals surface area contributed by atoms with Crippen LogP contribution >= 0.6 is 11.6 Å². The highest BCUT2D eigenvalue weighted by Crippen LogP contribution is 2.40. The first kappa shape index (κ1) is 73.9. The van der Waals surface area contributed by atoms with Crippen molar-refractivity contribution in [2.45, 2.75) is 180 Å². The van der Waals surface area contributed by atoms with Gasteiger partial charge in [0, 0.05) is 62.3 Å². The van der Waals surface area contributed by atoms with Crippen LogP contribution < -0.4 is 16.0 Å². The maximum Gasteiger partial charge on any atom is 0.282 e. The van der Waals surface area contributed by atoms with Gasteiger partial charge in [-0.15, -0.1) is 10.2 Å². The maximum atomic E-state index is 12.6. The van der Waals surface area contributed by atoms with Gasteiger partial charge in [-0.05, 0) is 169 Å². The van der Waals surface area contributed by atoms with Crippen LogP contribution in [0, 0.1) is 57.5 Å². The largest absolute Gasteiger partial charge is 0.381 e. The third kappa shape index (κ3) is 19.4. The maximum absolute atomic E-state index is 12.6. The van der Waals surface area contributed by atoms with Crippen molar-refractivity contribution in [3.63, 3.8) is 0 Å². The van der Waals surface area contributed by atoms with Crippen molar-refractivity contribution < 1.29 is 18.8 Å². The Morgan fingerprint density at radius 3 is 1.36 bits per heavy atom. The number of anilines is 3. The summed E-state index contributed by atoms with van der Waals surface area (Å²) in [7, 11) is 0. The van der Waals surface area contributed by atoms with Crippen molar-refractivity contribution in [2.24, 2.45) is 0 Å². The number of carbonyl (C=O) groups excluding carboxylic acids is 2. The first-order valence-electron chi connectivity index (χ1n) is 36.3. The van der Waals surface area contributed by atoms with E-state index in [1.54, 1.807) is 36.4 Å². The highest BCUT2D eigenvalue weighted by atomic mass is 35.5. The number of H-pyrrole nitrogens is 1. The van der Waals surface area contributed by atoms with E-state index in [1.165, 1.54) is 131 Å². The van der Waals surface area contributed by atoms with E-state index in [1.807, 2.05) is 68.4 Å². The van der Waals surface area contributed by atoms with Crippen molar-refractivity contribution >= 4 is 84.6 Å². The molecule has 8 aromatic carbocycles. The average molecular weight is 1410 g/mol. The summed E-state index contributed by atoms with van der Waals surface area (Å²) in [5, 5.41) is 34.7. The quantitative estimate of drug-likeness (QED) is 0.0368. The monoisotopic (exact) mass is 1410 g/mol. The molecule has 15 rings (SSSR count). The second-order valence-corrected chi connectivity index (χ2v) is 27.8. The third-order valence-electron chi connectivity index (χ3n) is 19.8. The number of amides is 1. The number of aryl methyl sites for hydroxylation is 4. The number of halogens is 1. The van der Waals surface area contributed by atoms with Gasteiger partial charge in [0.15, 0.2) is 17.1 Å². The Balaban J connectivity index is 0.000000172. The van der Waals surface area contributed by atoms with Crippen LogP contribution in [0.4, 0.5) is 39.8 Å². The molecule has 0 saturated heterocycles. The van der Waals surface area contributed by atoms with Crippen LogP contribution in [0.2, 0.25) is 0 Å². The molecule has 1 amide bonds. The Hall–Kier alpha value is -11.3. The molecule has 0 bridgehead atoms. The van der Waals surface area contributed by atoms with Gasteiger partial charge in [-0.2, -0.15) is 5.21 Å². The number of carbonyl (C=O) groups is 2. The molecule has 4 saturated carbocycles. The summed E-state index contributed by atoms with van der Waals surface area (Å²) in [5.41, 5.74) is 17.0. The molecule has 4 N–H and O–H groups in total. The summed E-state index contributed by atoms with van der Waals surface area (Å²) >= 11 is 5.22. The summed E-state index contributed by atoms with van der Waals surface area (Å²) in [4.78, 5) is 53.8. The van der Waals surface area contributed by atoms with Gasteiger partial charge < -0.3 is 25.1 Å². The van der Waals surface area contributed by atoms with E-state index in [-0.39, 0.29) is 15.9 Å². The van der Waals surface area contributed by atoms with Gasteiger partial charge in [-0.3, -0.25) is 19.7 Å². The molecule has 3 heterocycles. The second kappa shape index (κ2) is 36.0. The zero-order valence-electron chi connectivity index (χ0n) is 59.5. The van der Waals surface area contributed by atoms with Gasteiger partial charge >= 0.3 is 0 Å². The molecule has 0 spiro atoms. The molecular weight excluding hydrogens is 1320 g/mol. The predicted octanol–water partition coefficient (Wildman–Crippen LogP) is 23.3. The van der Waals surface area contributed by atoms with Gasteiger partial charge in [-0.1, -0.05) is 190 Å². The minimum atomic E-state index is -0.431. The summed E-state index contributed by atoms with van der Waals surface area (Å²) in [5.74, 6) is 2.54. The molecule has 3 aromatic heterocycles. The number of nitro groups is 1. The van der Waals surface area contributed by atoms with Crippen molar-refractivity contribution in [2.75, 3.05) is 16.0 Å². The van der Waals surface area contributed by atoms with Crippen molar-refractivity contribution in [3.05, 3.63) is 248 Å². The van der Waals surface area contributed by atoms with Crippen molar-refractivity contribution in [3.8, 4) is 34.2 Å². The fourth-order valence-electron chi connectivity index (χ4n) is 14.1. The van der Waals surface area contributed by atoms with Crippen molar-refractivity contribution in [1.29, 1.82) is 0 Å². The number of nitrogens with zero attached hydrogens (tertiary/aromatic N) is 11. The van der Waals surface area contributed by atoms with E-state index in [9.17, 15) is 19.7 Å². The predicted molar refractivity (Wildman–Crippen MR) is 423 cm³/mol. The number of fused-ring (bicyclic) bond motifs is 2. The molecule has 0 unspecified atom stereocenters. The Bertz CT molecular complexity index is 4870. The highest BCUT2D eigenvalue weighted by molar-refractivity contribution is 6.67. The average Bonchev–Trinajstić information content (AvgIpc) is 1.62. The van der Waals surface area contributed by atoms with Gasteiger partial charge in [0.1, 0.15) is 17.3 Å². The molecule has 4 fully saturated rings. The molecule has 4 aliphatic carbocycles. The molecule has 20 heteroatoms. The van der Waals surface area contributed by atoms with E-state index in [4.69, 9.17) is 41.3 Å². The first-order chi connectivity index (χ1) is 50.6. The number of nitro benzene ring substituents is 1. The molecule has 0 atom stereocenters. The Kier molecular flexibility index (Phi) is 25.6. The molecule has 0 radical (unpaired) electrons. The molecular formula is C84H94ClN15O4. The highest BCUT2D eigenvalue weighted by Gasteiger charge is 2.26. The van der Waals surface area contributed by atoms with Gasteiger partial charge in [-0.25, -0.2) is 24.5 Å². The number of hydrogen-bond acceptors (Lipinski definition) is 11. The summed E-state index contributed by atoms with van der Waals surface area (Å²) in [6.07, 6.45) is 24.5. The molecule has 0 aliphatic heterocycles. The fraction of sp³-hybridized carbons (Fsp3) is 0.333. The summed E-state index contributed by atoms with van der Waals surface area (Å²) < 4.78 is 4.88. The number of aromatic amines is 1. The van der Waals surface area contributed by atoms with Gasteiger partial charge in [0.25, 0.3) is 16.8 Å². The number of hydrogen-bond donors (Lipinski definition) is 4. The van der Waals surface area contributed by atoms with Crippen LogP contribution in [0.15, 0.2) is 170 Å². The molecule has 19 nitrogen and oxygen atoms in total. The second-order valence-electron chi connectivity index (χ2n) is 27.5. The Morgan fingerprint density at radius 2 is 0.894 bits per heavy atom. The van der Waals surface area contributed by atoms with E-state index in [0.29, 0.717) is 69.6 Å². The minimum absolute atomic E-state index is 0.